The summed E-state index contributed by atoms with van der Waals surface area (Å²) in [6.45, 7) is 3.67. The zero-order valence-corrected chi connectivity index (χ0v) is 17.1. The van der Waals surface area contributed by atoms with Crippen molar-refractivity contribution in [1.29, 1.82) is 0 Å². The Kier molecular flexibility index (Phi) is 4.86. The number of carbonyl (C=O) groups excluding carboxylic acids is 1. The third-order valence-electron chi connectivity index (χ3n) is 6.45. The topological polar surface area (TPSA) is 62.5 Å². The van der Waals surface area contributed by atoms with Crippen molar-refractivity contribution in [3.8, 4) is 0 Å². The minimum atomic E-state index is 0.0362. The van der Waals surface area contributed by atoms with Gasteiger partial charge in [-0.05, 0) is 44.7 Å². The van der Waals surface area contributed by atoms with Crippen LogP contribution in [-0.2, 0) is 4.79 Å². The number of carbonyl (C=O) groups is 1. The third kappa shape index (κ3) is 3.56. The zero-order chi connectivity index (χ0) is 19.8. The third-order valence-corrected chi connectivity index (χ3v) is 6.45. The summed E-state index contributed by atoms with van der Waals surface area (Å²) in [4.78, 5) is 20.2. The van der Waals surface area contributed by atoms with Crippen molar-refractivity contribution in [2.75, 3.05) is 18.0 Å². The molecule has 152 valence electrons. The van der Waals surface area contributed by atoms with E-state index < -0.39 is 0 Å². The molecule has 5 rings (SSSR count). The van der Waals surface area contributed by atoms with Crippen LogP contribution in [0.25, 0.3) is 16.6 Å². The highest BCUT2D eigenvalue weighted by Gasteiger charge is 2.29. The van der Waals surface area contributed by atoms with Gasteiger partial charge in [-0.1, -0.05) is 31.4 Å². The Labute approximate surface area is 171 Å². The largest absolute Gasteiger partial charge is 0.355 e. The highest BCUT2D eigenvalue weighted by atomic mass is 16.2. The molecule has 0 spiro atoms. The standard InChI is InChI=1S/C23H29N5O/c1-16-14-21-25-22(19-11-5-6-12-20(19)28(21)26-16)27-13-7-8-17(15-27)23(29)24-18-9-3-2-4-10-18/h5-6,11-12,14,17-18H,2-4,7-10,13,15H2,1H3,(H,24,29). The average molecular weight is 392 g/mol. The molecular weight excluding hydrogens is 362 g/mol. The van der Waals surface area contributed by atoms with Crippen LogP contribution in [0.4, 0.5) is 5.82 Å². The molecule has 1 atom stereocenters. The van der Waals surface area contributed by atoms with E-state index in [1.807, 2.05) is 29.6 Å². The number of aromatic nitrogens is 3. The first-order valence-corrected chi connectivity index (χ1v) is 11.0. The van der Waals surface area contributed by atoms with Gasteiger partial charge in [0.2, 0.25) is 5.91 Å². The number of piperidine rings is 1. The van der Waals surface area contributed by atoms with Crippen molar-refractivity contribution in [1.82, 2.24) is 19.9 Å². The molecular formula is C23H29N5O. The molecule has 1 aliphatic carbocycles. The molecule has 0 bridgehead atoms. The van der Waals surface area contributed by atoms with Gasteiger partial charge in [0.25, 0.3) is 0 Å². The van der Waals surface area contributed by atoms with E-state index in [0.29, 0.717) is 6.04 Å². The van der Waals surface area contributed by atoms with Crippen molar-refractivity contribution in [3.63, 3.8) is 0 Å². The SMILES string of the molecule is Cc1cc2nc(N3CCCC(C(=O)NC4CCCCC4)C3)c3ccccc3n2n1. The van der Waals surface area contributed by atoms with E-state index in [9.17, 15) is 4.79 Å². The van der Waals surface area contributed by atoms with Crippen LogP contribution < -0.4 is 10.2 Å². The molecule has 2 aliphatic rings. The number of aryl methyl sites for hydroxylation is 1. The minimum Gasteiger partial charge on any atom is -0.355 e. The predicted octanol–water partition coefficient (Wildman–Crippen LogP) is 3.86. The minimum absolute atomic E-state index is 0.0362. The molecule has 0 radical (unpaired) electrons. The van der Waals surface area contributed by atoms with Gasteiger partial charge in [0.05, 0.1) is 17.1 Å². The fraction of sp³-hybridized carbons (Fsp3) is 0.522. The van der Waals surface area contributed by atoms with Crippen molar-refractivity contribution in [3.05, 3.63) is 36.0 Å². The van der Waals surface area contributed by atoms with Crippen LogP contribution in [0.15, 0.2) is 30.3 Å². The highest BCUT2D eigenvalue weighted by molar-refractivity contribution is 5.92. The number of amides is 1. The van der Waals surface area contributed by atoms with Gasteiger partial charge in [-0.15, -0.1) is 0 Å². The van der Waals surface area contributed by atoms with Crippen LogP contribution in [0.2, 0.25) is 0 Å². The summed E-state index contributed by atoms with van der Waals surface area (Å²) in [6.07, 6.45) is 8.02. The average Bonchev–Trinajstić information content (AvgIpc) is 3.14. The summed E-state index contributed by atoms with van der Waals surface area (Å²) >= 11 is 0. The maximum Gasteiger partial charge on any atom is 0.225 e. The van der Waals surface area contributed by atoms with Crippen LogP contribution in [-0.4, -0.2) is 39.6 Å². The van der Waals surface area contributed by atoms with E-state index >= 15 is 0 Å². The Hall–Kier alpha value is -2.63. The van der Waals surface area contributed by atoms with Gasteiger partial charge < -0.3 is 10.2 Å². The molecule has 1 aliphatic heterocycles. The lowest BCUT2D eigenvalue weighted by Crippen LogP contribution is -2.46. The second-order valence-electron chi connectivity index (χ2n) is 8.64. The number of hydrogen-bond acceptors (Lipinski definition) is 4. The van der Waals surface area contributed by atoms with Crippen molar-refractivity contribution < 1.29 is 4.79 Å². The van der Waals surface area contributed by atoms with E-state index in [0.717, 1.165) is 66.8 Å². The van der Waals surface area contributed by atoms with Crippen molar-refractivity contribution in [2.24, 2.45) is 5.92 Å². The Morgan fingerprint density at radius 1 is 1.10 bits per heavy atom. The lowest BCUT2D eigenvalue weighted by atomic mass is 9.93. The Morgan fingerprint density at radius 2 is 1.93 bits per heavy atom. The molecule has 2 aromatic heterocycles. The van der Waals surface area contributed by atoms with Crippen LogP contribution in [0.3, 0.4) is 0 Å². The number of rotatable bonds is 3. The number of fused-ring (bicyclic) bond motifs is 3. The van der Waals surface area contributed by atoms with Gasteiger partial charge in [-0.25, -0.2) is 9.50 Å². The molecule has 3 heterocycles. The summed E-state index contributed by atoms with van der Waals surface area (Å²) in [5.41, 5.74) is 2.89. The predicted molar refractivity (Wildman–Crippen MR) is 115 cm³/mol. The number of hydrogen-bond donors (Lipinski definition) is 1. The molecule has 29 heavy (non-hydrogen) atoms. The van der Waals surface area contributed by atoms with Crippen LogP contribution in [0, 0.1) is 12.8 Å². The first kappa shape index (κ1) is 18.4. The summed E-state index contributed by atoms with van der Waals surface area (Å²) in [6, 6.07) is 10.7. The van der Waals surface area contributed by atoms with E-state index in [1.54, 1.807) is 0 Å². The number of nitrogens with one attached hydrogen (secondary N) is 1. The van der Waals surface area contributed by atoms with E-state index in [2.05, 4.69) is 27.4 Å². The molecule has 1 saturated carbocycles. The van der Waals surface area contributed by atoms with Gasteiger partial charge in [-0.3, -0.25) is 4.79 Å². The lowest BCUT2D eigenvalue weighted by molar-refractivity contribution is -0.126. The van der Waals surface area contributed by atoms with Gasteiger partial charge in [-0.2, -0.15) is 5.10 Å². The summed E-state index contributed by atoms with van der Waals surface area (Å²) in [7, 11) is 0. The highest BCUT2D eigenvalue weighted by Crippen LogP contribution is 2.30. The zero-order valence-electron chi connectivity index (χ0n) is 17.1. The Morgan fingerprint density at radius 3 is 2.79 bits per heavy atom. The summed E-state index contributed by atoms with van der Waals surface area (Å²) < 4.78 is 1.92. The fourth-order valence-corrected chi connectivity index (χ4v) is 4.95. The molecule has 6 nitrogen and oxygen atoms in total. The number of nitrogens with zero attached hydrogens (tertiary/aromatic N) is 4. The van der Waals surface area contributed by atoms with Gasteiger partial charge in [0.15, 0.2) is 5.65 Å². The molecule has 1 unspecified atom stereocenters. The molecule has 2 fully saturated rings. The molecule has 3 aromatic rings. The van der Waals surface area contributed by atoms with E-state index in [1.165, 1.54) is 19.3 Å². The molecule has 1 amide bonds. The van der Waals surface area contributed by atoms with Crippen LogP contribution in [0.5, 0.6) is 0 Å². The van der Waals surface area contributed by atoms with Crippen LogP contribution in [0.1, 0.15) is 50.6 Å². The Balaban J connectivity index is 1.42. The maximum absolute atomic E-state index is 13.0. The number of benzene rings is 1. The fourth-order valence-electron chi connectivity index (χ4n) is 4.95. The second kappa shape index (κ2) is 7.65. The molecule has 1 N–H and O–H groups in total. The maximum atomic E-state index is 13.0. The first-order chi connectivity index (χ1) is 14.2. The normalized spacial score (nSPS) is 21.0. The Bertz CT molecular complexity index is 1040. The molecule has 6 heteroatoms. The molecule has 1 saturated heterocycles. The molecule has 1 aromatic carbocycles. The lowest BCUT2D eigenvalue weighted by Gasteiger charge is -2.34. The smallest absolute Gasteiger partial charge is 0.225 e. The first-order valence-electron chi connectivity index (χ1n) is 11.0. The number of anilines is 1. The number of para-hydroxylation sites is 1. The van der Waals surface area contributed by atoms with Crippen molar-refractivity contribution in [2.45, 2.75) is 57.9 Å². The van der Waals surface area contributed by atoms with Crippen molar-refractivity contribution >= 4 is 28.3 Å². The quantitative estimate of drug-likeness (QED) is 0.736. The van der Waals surface area contributed by atoms with Gasteiger partial charge in [0.1, 0.15) is 5.82 Å². The summed E-state index contributed by atoms with van der Waals surface area (Å²) in [5, 5.41) is 9.03. The van der Waals surface area contributed by atoms with Crippen LogP contribution >= 0.6 is 0 Å². The summed E-state index contributed by atoms with van der Waals surface area (Å²) in [5.74, 6) is 1.24. The second-order valence-corrected chi connectivity index (χ2v) is 8.64. The van der Waals surface area contributed by atoms with Gasteiger partial charge >= 0.3 is 0 Å². The van der Waals surface area contributed by atoms with E-state index in [4.69, 9.17) is 4.98 Å². The van der Waals surface area contributed by atoms with E-state index in [-0.39, 0.29) is 11.8 Å². The monoisotopic (exact) mass is 391 g/mol. The van der Waals surface area contributed by atoms with Gasteiger partial charge in [0, 0.05) is 30.6 Å².